The van der Waals surface area contributed by atoms with Gasteiger partial charge in [0.25, 0.3) is 5.92 Å². The average molecular weight is 276 g/mol. The summed E-state index contributed by atoms with van der Waals surface area (Å²) in [5, 5.41) is 4.55. The van der Waals surface area contributed by atoms with Crippen LogP contribution in [0.3, 0.4) is 0 Å². The van der Waals surface area contributed by atoms with Crippen LogP contribution < -0.4 is 10.6 Å². The van der Waals surface area contributed by atoms with Crippen LogP contribution in [-0.2, 0) is 9.53 Å². The first-order chi connectivity index (χ1) is 8.20. The first-order valence-electron chi connectivity index (χ1n) is 5.23. The van der Waals surface area contributed by atoms with E-state index in [1.165, 1.54) is 0 Å². The summed E-state index contributed by atoms with van der Waals surface area (Å²) < 4.78 is 64.7. The van der Waals surface area contributed by atoms with Crippen molar-refractivity contribution in [3.8, 4) is 0 Å². The highest BCUT2D eigenvalue weighted by Crippen LogP contribution is 2.24. The van der Waals surface area contributed by atoms with E-state index in [-0.39, 0.29) is 13.2 Å². The summed E-state index contributed by atoms with van der Waals surface area (Å²) >= 11 is 0. The van der Waals surface area contributed by atoms with Crippen LogP contribution in [0.1, 0.15) is 6.42 Å². The van der Waals surface area contributed by atoms with Gasteiger partial charge >= 0.3 is 6.18 Å². The summed E-state index contributed by atoms with van der Waals surface area (Å²) in [6, 6.07) is -1.01. The lowest BCUT2D eigenvalue weighted by Gasteiger charge is -2.12. The van der Waals surface area contributed by atoms with Crippen LogP contribution in [-0.4, -0.2) is 50.4 Å². The Kier molecular flexibility index (Phi) is 4.85. The predicted octanol–water partition coefficient (Wildman–Crippen LogP) is 0.679. The SMILES string of the molecule is O=C(NCCOCC(F)(F)F)C1CC(F)(F)CN1. The summed E-state index contributed by atoms with van der Waals surface area (Å²) in [6.07, 6.45) is -5.03. The molecular weight excluding hydrogens is 263 g/mol. The van der Waals surface area contributed by atoms with Crippen LogP contribution in [0.25, 0.3) is 0 Å². The van der Waals surface area contributed by atoms with Gasteiger partial charge in [0.2, 0.25) is 5.91 Å². The molecule has 1 heterocycles. The van der Waals surface area contributed by atoms with E-state index in [0.717, 1.165) is 0 Å². The Labute approximate surface area is 99.9 Å². The predicted molar refractivity (Wildman–Crippen MR) is 51.2 cm³/mol. The van der Waals surface area contributed by atoms with Crippen molar-refractivity contribution in [1.82, 2.24) is 10.6 Å². The maximum Gasteiger partial charge on any atom is 0.411 e. The van der Waals surface area contributed by atoms with E-state index in [4.69, 9.17) is 0 Å². The zero-order valence-electron chi connectivity index (χ0n) is 9.32. The first kappa shape index (κ1) is 15.1. The topological polar surface area (TPSA) is 50.4 Å². The Morgan fingerprint density at radius 1 is 1.44 bits per heavy atom. The molecule has 1 unspecified atom stereocenters. The van der Waals surface area contributed by atoms with Gasteiger partial charge in [-0.05, 0) is 0 Å². The van der Waals surface area contributed by atoms with E-state index < -0.39 is 43.6 Å². The Morgan fingerprint density at radius 3 is 2.61 bits per heavy atom. The zero-order chi connectivity index (χ0) is 13.8. The number of halogens is 5. The molecule has 1 fully saturated rings. The maximum absolute atomic E-state index is 12.7. The molecule has 0 aromatic heterocycles. The van der Waals surface area contributed by atoms with E-state index in [1.807, 2.05) is 0 Å². The third-order valence-corrected chi connectivity index (χ3v) is 2.24. The standard InChI is InChI=1S/C9H13F5N2O2/c10-8(11)3-6(16-4-8)7(17)15-1-2-18-5-9(12,13)14/h6,16H,1-5H2,(H,15,17). The van der Waals surface area contributed by atoms with Crippen molar-refractivity contribution >= 4 is 5.91 Å². The van der Waals surface area contributed by atoms with Gasteiger partial charge in [0.1, 0.15) is 6.61 Å². The smallest absolute Gasteiger partial charge is 0.370 e. The van der Waals surface area contributed by atoms with Crippen LogP contribution in [0.4, 0.5) is 22.0 Å². The molecule has 0 radical (unpaired) electrons. The minimum atomic E-state index is -4.42. The van der Waals surface area contributed by atoms with Crippen molar-refractivity contribution in [3.63, 3.8) is 0 Å². The van der Waals surface area contributed by atoms with Crippen molar-refractivity contribution in [2.75, 3.05) is 26.3 Å². The third kappa shape index (κ3) is 5.58. The number of alkyl halides is 5. The second kappa shape index (κ2) is 5.79. The minimum absolute atomic E-state index is 0.154. The van der Waals surface area contributed by atoms with E-state index in [0.29, 0.717) is 0 Å². The van der Waals surface area contributed by atoms with Gasteiger partial charge in [-0.2, -0.15) is 13.2 Å². The highest BCUT2D eigenvalue weighted by molar-refractivity contribution is 5.82. The molecule has 1 rings (SSSR count). The molecule has 18 heavy (non-hydrogen) atoms. The largest absolute Gasteiger partial charge is 0.411 e. The fraction of sp³-hybridized carbons (Fsp3) is 0.889. The number of amides is 1. The lowest BCUT2D eigenvalue weighted by atomic mass is 10.2. The van der Waals surface area contributed by atoms with Crippen LogP contribution in [0.15, 0.2) is 0 Å². The fourth-order valence-electron chi connectivity index (χ4n) is 1.46. The Morgan fingerprint density at radius 2 is 2.11 bits per heavy atom. The molecule has 0 spiro atoms. The lowest BCUT2D eigenvalue weighted by Crippen LogP contribution is -2.41. The minimum Gasteiger partial charge on any atom is -0.370 e. The molecule has 0 aliphatic carbocycles. The highest BCUT2D eigenvalue weighted by atomic mass is 19.4. The Hall–Kier alpha value is -0.960. The number of hydrogen-bond acceptors (Lipinski definition) is 3. The molecule has 1 atom stereocenters. The van der Waals surface area contributed by atoms with E-state index >= 15 is 0 Å². The van der Waals surface area contributed by atoms with E-state index in [1.54, 1.807) is 0 Å². The normalized spacial score (nSPS) is 23.1. The molecule has 0 saturated carbocycles. The van der Waals surface area contributed by atoms with Gasteiger partial charge < -0.3 is 10.1 Å². The molecule has 0 aromatic carbocycles. The van der Waals surface area contributed by atoms with Crippen LogP contribution in [0, 0.1) is 0 Å². The van der Waals surface area contributed by atoms with Crippen molar-refractivity contribution in [3.05, 3.63) is 0 Å². The number of rotatable bonds is 5. The van der Waals surface area contributed by atoms with Gasteiger partial charge in [-0.15, -0.1) is 0 Å². The van der Waals surface area contributed by atoms with Gasteiger partial charge in [-0.1, -0.05) is 0 Å². The van der Waals surface area contributed by atoms with Crippen LogP contribution in [0.5, 0.6) is 0 Å². The lowest BCUT2D eigenvalue weighted by molar-refractivity contribution is -0.173. The zero-order valence-corrected chi connectivity index (χ0v) is 9.32. The summed E-state index contributed by atoms with van der Waals surface area (Å²) in [6.45, 7) is -2.45. The molecule has 1 aliphatic rings. The second-order valence-corrected chi connectivity index (χ2v) is 3.95. The molecule has 106 valence electrons. The highest BCUT2D eigenvalue weighted by Gasteiger charge is 2.42. The quantitative estimate of drug-likeness (QED) is 0.573. The molecule has 2 N–H and O–H groups in total. The number of hydrogen-bond donors (Lipinski definition) is 2. The molecule has 1 saturated heterocycles. The molecule has 0 bridgehead atoms. The molecule has 1 amide bonds. The molecular formula is C9H13F5N2O2. The summed E-state index contributed by atoms with van der Waals surface area (Å²) in [4.78, 5) is 11.3. The second-order valence-electron chi connectivity index (χ2n) is 3.95. The molecule has 0 aromatic rings. The van der Waals surface area contributed by atoms with Gasteiger partial charge in [0.05, 0.1) is 19.2 Å². The van der Waals surface area contributed by atoms with Crippen molar-refractivity contribution in [2.45, 2.75) is 24.6 Å². The maximum atomic E-state index is 12.7. The first-order valence-corrected chi connectivity index (χ1v) is 5.23. The summed E-state index contributed by atoms with van der Waals surface area (Å²) in [5.74, 6) is -3.59. The average Bonchev–Trinajstić information content (AvgIpc) is 2.56. The molecule has 1 aliphatic heterocycles. The van der Waals surface area contributed by atoms with Crippen molar-refractivity contribution < 1.29 is 31.5 Å². The summed E-state index contributed by atoms with van der Waals surface area (Å²) in [5.41, 5.74) is 0. The van der Waals surface area contributed by atoms with Crippen molar-refractivity contribution in [2.24, 2.45) is 0 Å². The third-order valence-electron chi connectivity index (χ3n) is 2.24. The summed E-state index contributed by atoms with van der Waals surface area (Å²) in [7, 11) is 0. The number of carbonyl (C=O) groups excluding carboxylic acids is 1. The monoisotopic (exact) mass is 276 g/mol. The fourth-order valence-corrected chi connectivity index (χ4v) is 1.46. The number of nitrogens with one attached hydrogen (secondary N) is 2. The number of ether oxygens (including phenoxy) is 1. The Bertz CT molecular complexity index is 295. The molecule has 4 nitrogen and oxygen atoms in total. The van der Waals surface area contributed by atoms with Crippen LogP contribution >= 0.6 is 0 Å². The Balaban J connectivity index is 2.11. The van der Waals surface area contributed by atoms with E-state index in [2.05, 4.69) is 15.4 Å². The number of carbonyl (C=O) groups is 1. The van der Waals surface area contributed by atoms with Crippen molar-refractivity contribution in [1.29, 1.82) is 0 Å². The van der Waals surface area contributed by atoms with Crippen LogP contribution in [0.2, 0.25) is 0 Å². The van der Waals surface area contributed by atoms with Gasteiger partial charge in [-0.3, -0.25) is 10.1 Å². The van der Waals surface area contributed by atoms with Gasteiger partial charge in [0, 0.05) is 13.0 Å². The van der Waals surface area contributed by atoms with E-state index in [9.17, 15) is 26.7 Å². The van der Waals surface area contributed by atoms with Gasteiger partial charge in [-0.25, -0.2) is 8.78 Å². The molecule has 9 heteroatoms. The van der Waals surface area contributed by atoms with Gasteiger partial charge in [0.15, 0.2) is 0 Å².